The van der Waals surface area contributed by atoms with Gasteiger partial charge in [0.05, 0.1) is 12.6 Å². The SMILES string of the molecule is CN(C)c1ncc(/C=C/C(=O)N2C[C@H](N(C)C)C[C@H]2CO)cn1. The van der Waals surface area contributed by atoms with Crippen LogP contribution < -0.4 is 4.90 Å². The molecular formula is C16H25N5O2. The average Bonchev–Trinajstić information content (AvgIpc) is 2.97. The van der Waals surface area contributed by atoms with E-state index < -0.39 is 0 Å². The van der Waals surface area contributed by atoms with Gasteiger partial charge in [-0.2, -0.15) is 0 Å². The first-order valence-electron chi connectivity index (χ1n) is 7.67. The lowest BCUT2D eigenvalue weighted by Crippen LogP contribution is -2.37. The highest BCUT2D eigenvalue weighted by Crippen LogP contribution is 2.21. The van der Waals surface area contributed by atoms with E-state index in [9.17, 15) is 9.90 Å². The molecule has 0 unspecified atom stereocenters. The average molecular weight is 319 g/mol. The Kier molecular flexibility index (Phi) is 5.68. The maximum absolute atomic E-state index is 12.4. The molecule has 7 nitrogen and oxygen atoms in total. The summed E-state index contributed by atoms with van der Waals surface area (Å²) in [5.41, 5.74) is 0.771. The number of hydrogen-bond donors (Lipinski definition) is 1. The van der Waals surface area contributed by atoms with Crippen LogP contribution in [0, 0.1) is 0 Å². The van der Waals surface area contributed by atoms with Crippen molar-refractivity contribution in [2.24, 2.45) is 0 Å². The van der Waals surface area contributed by atoms with Crippen molar-refractivity contribution in [2.75, 3.05) is 46.2 Å². The number of hydrogen-bond acceptors (Lipinski definition) is 6. The molecule has 0 bridgehead atoms. The molecule has 2 atom stereocenters. The van der Waals surface area contributed by atoms with Gasteiger partial charge in [0.15, 0.2) is 0 Å². The minimum absolute atomic E-state index is 0.00936. The molecule has 2 rings (SSSR count). The molecule has 23 heavy (non-hydrogen) atoms. The Morgan fingerprint density at radius 2 is 2.00 bits per heavy atom. The number of aliphatic hydroxyl groups is 1. The molecule has 1 saturated heterocycles. The van der Waals surface area contributed by atoms with E-state index >= 15 is 0 Å². The third kappa shape index (κ3) is 4.27. The first kappa shape index (κ1) is 17.4. The largest absolute Gasteiger partial charge is 0.394 e. The zero-order valence-corrected chi connectivity index (χ0v) is 14.2. The van der Waals surface area contributed by atoms with Crippen molar-refractivity contribution in [3.8, 4) is 0 Å². The number of aromatic nitrogens is 2. The Morgan fingerprint density at radius 3 is 2.52 bits per heavy atom. The van der Waals surface area contributed by atoms with Gasteiger partial charge in [-0.25, -0.2) is 9.97 Å². The molecule has 2 heterocycles. The molecule has 0 spiro atoms. The summed E-state index contributed by atoms with van der Waals surface area (Å²) in [6.45, 7) is 0.627. The van der Waals surface area contributed by atoms with Crippen LogP contribution in [0.2, 0.25) is 0 Å². The van der Waals surface area contributed by atoms with Gasteiger partial charge in [-0.1, -0.05) is 0 Å². The van der Waals surface area contributed by atoms with Gasteiger partial charge in [0.2, 0.25) is 11.9 Å². The van der Waals surface area contributed by atoms with Gasteiger partial charge in [-0.15, -0.1) is 0 Å². The maximum atomic E-state index is 12.4. The molecule has 1 aliphatic heterocycles. The summed E-state index contributed by atoms with van der Waals surface area (Å²) >= 11 is 0. The van der Waals surface area contributed by atoms with E-state index in [0.29, 0.717) is 12.5 Å². The minimum Gasteiger partial charge on any atom is -0.394 e. The van der Waals surface area contributed by atoms with E-state index in [1.165, 1.54) is 6.08 Å². The maximum Gasteiger partial charge on any atom is 0.246 e. The van der Waals surface area contributed by atoms with Gasteiger partial charge in [0, 0.05) is 50.7 Å². The number of aliphatic hydroxyl groups excluding tert-OH is 1. The van der Waals surface area contributed by atoms with Crippen LogP contribution >= 0.6 is 0 Å². The monoisotopic (exact) mass is 319 g/mol. The quantitative estimate of drug-likeness (QED) is 0.775. The molecule has 1 aromatic heterocycles. The molecule has 126 valence electrons. The van der Waals surface area contributed by atoms with Gasteiger partial charge in [0.1, 0.15) is 0 Å². The lowest BCUT2D eigenvalue weighted by molar-refractivity contribution is -0.127. The lowest BCUT2D eigenvalue weighted by atomic mass is 10.1. The summed E-state index contributed by atoms with van der Waals surface area (Å²) in [6.07, 6.45) is 7.39. The van der Waals surface area contributed by atoms with E-state index in [0.717, 1.165) is 12.0 Å². The molecule has 7 heteroatoms. The van der Waals surface area contributed by atoms with Crippen molar-refractivity contribution < 1.29 is 9.90 Å². The first-order valence-corrected chi connectivity index (χ1v) is 7.67. The van der Waals surface area contributed by atoms with Crippen LogP contribution in [0.3, 0.4) is 0 Å². The van der Waals surface area contributed by atoms with Gasteiger partial charge < -0.3 is 19.8 Å². The third-order valence-corrected chi connectivity index (χ3v) is 4.09. The number of likely N-dealkylation sites (tertiary alicyclic amines) is 1. The van der Waals surface area contributed by atoms with Crippen molar-refractivity contribution in [3.05, 3.63) is 24.0 Å². The molecule has 1 fully saturated rings. The number of anilines is 1. The Bertz CT molecular complexity index is 556. The normalized spacial score (nSPS) is 21.4. The van der Waals surface area contributed by atoms with Gasteiger partial charge >= 0.3 is 0 Å². The van der Waals surface area contributed by atoms with E-state index in [1.807, 2.05) is 33.1 Å². The summed E-state index contributed by atoms with van der Waals surface area (Å²) in [5.74, 6) is 0.535. The standard InChI is InChI=1S/C16H25N5O2/c1-19(2)13-7-14(11-22)21(10-13)15(23)6-5-12-8-17-16(18-9-12)20(3)4/h5-6,8-9,13-14,22H,7,10-11H2,1-4H3/b6-5+/t13-,14+/m1/s1. The second-order valence-corrected chi connectivity index (χ2v) is 6.22. The summed E-state index contributed by atoms with van der Waals surface area (Å²) in [6, 6.07) is 0.166. The first-order chi connectivity index (χ1) is 10.9. The summed E-state index contributed by atoms with van der Waals surface area (Å²) < 4.78 is 0. The van der Waals surface area contributed by atoms with Gasteiger partial charge in [0.25, 0.3) is 0 Å². The highest BCUT2D eigenvalue weighted by atomic mass is 16.3. The molecular weight excluding hydrogens is 294 g/mol. The van der Waals surface area contributed by atoms with E-state index in [-0.39, 0.29) is 24.6 Å². The predicted octanol–water partition coefficient (Wildman–Crippen LogP) is 0.0792. The predicted molar refractivity (Wildman–Crippen MR) is 90.1 cm³/mol. The Balaban J connectivity index is 2.02. The summed E-state index contributed by atoms with van der Waals surface area (Å²) in [4.78, 5) is 26.5. The second kappa shape index (κ2) is 7.52. The highest BCUT2D eigenvalue weighted by Gasteiger charge is 2.34. The van der Waals surface area contributed by atoms with Crippen molar-refractivity contribution in [1.82, 2.24) is 19.8 Å². The van der Waals surface area contributed by atoms with Crippen LogP contribution in [0.1, 0.15) is 12.0 Å². The molecule has 0 aliphatic carbocycles. The molecule has 0 aromatic carbocycles. The van der Waals surface area contributed by atoms with Gasteiger partial charge in [-0.3, -0.25) is 4.79 Å². The Labute approximate surface area is 137 Å². The van der Waals surface area contributed by atoms with Crippen molar-refractivity contribution in [3.63, 3.8) is 0 Å². The van der Waals surface area contributed by atoms with Gasteiger partial charge in [-0.05, 0) is 26.6 Å². The van der Waals surface area contributed by atoms with Crippen molar-refractivity contribution in [1.29, 1.82) is 0 Å². The van der Waals surface area contributed by atoms with E-state index in [4.69, 9.17) is 0 Å². The minimum atomic E-state index is -0.119. The number of nitrogens with zero attached hydrogens (tertiary/aromatic N) is 5. The Morgan fingerprint density at radius 1 is 1.35 bits per heavy atom. The molecule has 1 amide bonds. The Hall–Kier alpha value is -1.99. The number of rotatable bonds is 5. The molecule has 1 aromatic rings. The topological polar surface area (TPSA) is 72.8 Å². The van der Waals surface area contributed by atoms with Crippen molar-refractivity contribution >= 4 is 17.9 Å². The fraction of sp³-hybridized carbons (Fsp3) is 0.562. The van der Waals surface area contributed by atoms with Crippen LogP contribution in [0.15, 0.2) is 18.5 Å². The third-order valence-electron chi connectivity index (χ3n) is 4.09. The zero-order chi connectivity index (χ0) is 17.0. The fourth-order valence-corrected chi connectivity index (χ4v) is 2.62. The van der Waals surface area contributed by atoms with Crippen LogP contribution in [-0.4, -0.2) is 84.2 Å². The second-order valence-electron chi connectivity index (χ2n) is 6.22. The number of carbonyl (C=O) groups is 1. The highest BCUT2D eigenvalue weighted by molar-refractivity contribution is 5.92. The molecule has 1 aliphatic rings. The number of carbonyl (C=O) groups excluding carboxylic acids is 1. The fourth-order valence-electron chi connectivity index (χ4n) is 2.62. The van der Waals surface area contributed by atoms with E-state index in [2.05, 4.69) is 14.9 Å². The summed E-state index contributed by atoms with van der Waals surface area (Å²) in [7, 11) is 7.73. The van der Waals surface area contributed by atoms with Crippen LogP contribution in [0.4, 0.5) is 5.95 Å². The van der Waals surface area contributed by atoms with Crippen LogP contribution in [0.5, 0.6) is 0 Å². The molecule has 0 radical (unpaired) electrons. The number of likely N-dealkylation sites (N-methyl/N-ethyl adjacent to an activating group) is 1. The van der Waals surface area contributed by atoms with Crippen molar-refractivity contribution in [2.45, 2.75) is 18.5 Å². The van der Waals surface area contributed by atoms with E-state index in [1.54, 1.807) is 23.4 Å². The van der Waals surface area contributed by atoms with Crippen LogP contribution in [0.25, 0.3) is 6.08 Å². The molecule has 1 N–H and O–H groups in total. The summed E-state index contributed by atoms with van der Waals surface area (Å²) in [5, 5.41) is 9.49. The lowest BCUT2D eigenvalue weighted by Gasteiger charge is -2.21. The zero-order valence-electron chi connectivity index (χ0n) is 14.2. The molecule has 0 saturated carbocycles. The number of amides is 1. The smallest absolute Gasteiger partial charge is 0.246 e. The van der Waals surface area contributed by atoms with Crippen LogP contribution in [-0.2, 0) is 4.79 Å².